The highest BCUT2D eigenvalue weighted by Crippen LogP contribution is 2.27. The minimum Gasteiger partial charge on any atom is -0.376 e. The molecular formula is C12H16N4S. The number of aromatic nitrogens is 2. The lowest BCUT2D eigenvalue weighted by Crippen LogP contribution is -2.14. The molecule has 1 N–H and O–H groups in total. The van der Waals surface area contributed by atoms with Crippen LogP contribution in [-0.2, 0) is 0 Å². The van der Waals surface area contributed by atoms with Gasteiger partial charge in [-0.25, -0.2) is 4.98 Å². The number of hydrogen-bond acceptors (Lipinski definition) is 5. The molecule has 2 aromatic heterocycles. The Kier molecular flexibility index (Phi) is 3.58. The maximum Gasteiger partial charge on any atom is 0.115 e. The molecule has 1 unspecified atom stereocenters. The summed E-state index contributed by atoms with van der Waals surface area (Å²) >= 11 is 1.66. The summed E-state index contributed by atoms with van der Waals surface area (Å²) in [6, 6.07) is 2.19. The Morgan fingerprint density at radius 2 is 2.18 bits per heavy atom. The Morgan fingerprint density at radius 3 is 2.82 bits per heavy atom. The third-order valence-electron chi connectivity index (χ3n) is 2.47. The third-order valence-corrected chi connectivity index (χ3v) is 3.43. The lowest BCUT2D eigenvalue weighted by Gasteiger charge is -2.20. The first-order chi connectivity index (χ1) is 8.18. The van der Waals surface area contributed by atoms with Gasteiger partial charge in [-0.3, -0.25) is 4.98 Å². The second-order valence-electron chi connectivity index (χ2n) is 4.02. The van der Waals surface area contributed by atoms with Gasteiger partial charge in [-0.2, -0.15) is 0 Å². The average Bonchev–Trinajstić information content (AvgIpc) is 2.83. The van der Waals surface area contributed by atoms with Gasteiger partial charge in [0.2, 0.25) is 0 Å². The molecule has 0 aliphatic carbocycles. The van der Waals surface area contributed by atoms with E-state index >= 15 is 0 Å². The molecule has 2 heterocycles. The molecule has 0 aromatic carbocycles. The molecule has 5 heteroatoms. The van der Waals surface area contributed by atoms with E-state index in [-0.39, 0.29) is 6.04 Å². The van der Waals surface area contributed by atoms with Crippen LogP contribution in [0.5, 0.6) is 0 Å². The Morgan fingerprint density at radius 1 is 1.35 bits per heavy atom. The summed E-state index contributed by atoms with van der Waals surface area (Å²) in [5.41, 5.74) is 2.16. The number of nitrogens with one attached hydrogen (secondary N) is 1. The van der Waals surface area contributed by atoms with Gasteiger partial charge >= 0.3 is 0 Å². The zero-order valence-corrected chi connectivity index (χ0v) is 11.0. The van der Waals surface area contributed by atoms with Crippen molar-refractivity contribution in [2.45, 2.75) is 13.0 Å². The van der Waals surface area contributed by atoms with Crippen LogP contribution in [0.3, 0.4) is 0 Å². The van der Waals surface area contributed by atoms with E-state index in [1.807, 2.05) is 37.9 Å². The van der Waals surface area contributed by atoms with Crippen molar-refractivity contribution < 1.29 is 0 Å². The molecule has 0 spiro atoms. The first kappa shape index (κ1) is 11.9. The number of nitrogens with zero attached hydrogens (tertiary/aromatic N) is 3. The number of pyridine rings is 1. The summed E-state index contributed by atoms with van der Waals surface area (Å²) in [4.78, 5) is 10.5. The van der Waals surface area contributed by atoms with Gasteiger partial charge in [-0.05, 0) is 13.0 Å². The molecule has 0 saturated carbocycles. The van der Waals surface area contributed by atoms with Gasteiger partial charge in [-0.15, -0.1) is 11.3 Å². The van der Waals surface area contributed by atoms with Crippen LogP contribution in [0.2, 0.25) is 0 Å². The fraction of sp³-hybridized carbons (Fsp3) is 0.333. The van der Waals surface area contributed by atoms with Crippen LogP contribution in [0.25, 0.3) is 0 Å². The van der Waals surface area contributed by atoms with Gasteiger partial charge in [0.05, 0.1) is 23.6 Å². The van der Waals surface area contributed by atoms with Crippen molar-refractivity contribution in [3.05, 3.63) is 35.0 Å². The van der Waals surface area contributed by atoms with E-state index in [1.165, 1.54) is 0 Å². The smallest absolute Gasteiger partial charge is 0.115 e. The van der Waals surface area contributed by atoms with Crippen LogP contribution < -0.4 is 10.2 Å². The molecule has 17 heavy (non-hydrogen) atoms. The van der Waals surface area contributed by atoms with Crippen molar-refractivity contribution in [3.63, 3.8) is 0 Å². The van der Waals surface area contributed by atoms with Crippen molar-refractivity contribution in [1.29, 1.82) is 0 Å². The Labute approximate surface area is 105 Å². The molecular weight excluding hydrogens is 232 g/mol. The first-order valence-electron chi connectivity index (χ1n) is 5.45. The predicted molar refractivity (Wildman–Crippen MR) is 72.7 cm³/mol. The number of hydrogen-bond donors (Lipinski definition) is 1. The SMILES string of the molecule is CC(Nc1cnccc1N(C)C)c1nccs1. The minimum absolute atomic E-state index is 0.192. The standard InChI is InChI=1S/C12H16N4S/c1-9(12-14-6-7-17-12)15-10-8-13-5-4-11(10)16(2)3/h4-9,15H,1-3H3. The van der Waals surface area contributed by atoms with Crippen LogP contribution in [0.15, 0.2) is 30.0 Å². The predicted octanol–water partition coefficient (Wildman–Crippen LogP) is 2.78. The van der Waals surface area contributed by atoms with Gasteiger partial charge in [0.1, 0.15) is 5.01 Å². The molecule has 0 amide bonds. The van der Waals surface area contributed by atoms with E-state index < -0.39 is 0 Å². The first-order valence-corrected chi connectivity index (χ1v) is 6.33. The van der Waals surface area contributed by atoms with Crippen LogP contribution in [0, 0.1) is 0 Å². The van der Waals surface area contributed by atoms with E-state index in [9.17, 15) is 0 Å². The second kappa shape index (κ2) is 5.14. The van der Waals surface area contributed by atoms with Gasteiger partial charge in [-0.1, -0.05) is 0 Å². The summed E-state index contributed by atoms with van der Waals surface area (Å²) in [6.45, 7) is 2.10. The van der Waals surface area contributed by atoms with E-state index in [1.54, 1.807) is 17.5 Å². The quantitative estimate of drug-likeness (QED) is 0.903. The number of thiazole rings is 1. The van der Waals surface area contributed by atoms with E-state index in [4.69, 9.17) is 0 Å². The highest BCUT2D eigenvalue weighted by molar-refractivity contribution is 7.09. The van der Waals surface area contributed by atoms with Crippen LogP contribution in [0.1, 0.15) is 18.0 Å². The summed E-state index contributed by atoms with van der Waals surface area (Å²) in [6.07, 6.45) is 5.47. The molecule has 1 atom stereocenters. The molecule has 90 valence electrons. The molecule has 2 rings (SSSR count). The number of anilines is 2. The summed E-state index contributed by atoms with van der Waals surface area (Å²) in [7, 11) is 4.04. The van der Waals surface area contributed by atoms with Crippen molar-refractivity contribution in [3.8, 4) is 0 Å². The largest absolute Gasteiger partial charge is 0.376 e. The highest BCUT2D eigenvalue weighted by Gasteiger charge is 2.11. The Hall–Kier alpha value is -1.62. The zero-order chi connectivity index (χ0) is 12.3. The number of rotatable bonds is 4. The van der Waals surface area contributed by atoms with Gasteiger partial charge in [0.15, 0.2) is 0 Å². The van der Waals surface area contributed by atoms with Gasteiger partial charge in [0.25, 0.3) is 0 Å². The Bertz CT molecular complexity index is 467. The highest BCUT2D eigenvalue weighted by atomic mass is 32.1. The van der Waals surface area contributed by atoms with Crippen LogP contribution in [0.4, 0.5) is 11.4 Å². The summed E-state index contributed by atoms with van der Waals surface area (Å²) in [5, 5.41) is 6.51. The Balaban J connectivity index is 2.18. The maximum absolute atomic E-state index is 4.31. The molecule has 0 radical (unpaired) electrons. The lowest BCUT2D eigenvalue weighted by molar-refractivity contribution is 0.866. The molecule has 0 aliphatic heterocycles. The van der Waals surface area contributed by atoms with Crippen LogP contribution >= 0.6 is 11.3 Å². The molecule has 2 aromatic rings. The van der Waals surface area contributed by atoms with E-state index in [0.717, 1.165) is 16.4 Å². The summed E-state index contributed by atoms with van der Waals surface area (Å²) in [5.74, 6) is 0. The van der Waals surface area contributed by atoms with Crippen molar-refractivity contribution >= 4 is 22.7 Å². The average molecular weight is 248 g/mol. The minimum atomic E-state index is 0.192. The maximum atomic E-state index is 4.31. The van der Waals surface area contributed by atoms with E-state index in [0.29, 0.717) is 0 Å². The molecule has 4 nitrogen and oxygen atoms in total. The molecule has 0 fully saturated rings. The fourth-order valence-corrected chi connectivity index (χ4v) is 2.28. The summed E-state index contributed by atoms with van der Waals surface area (Å²) < 4.78 is 0. The lowest BCUT2D eigenvalue weighted by atomic mass is 10.3. The van der Waals surface area contributed by atoms with Crippen molar-refractivity contribution in [1.82, 2.24) is 9.97 Å². The van der Waals surface area contributed by atoms with Crippen molar-refractivity contribution in [2.24, 2.45) is 0 Å². The fourth-order valence-electron chi connectivity index (χ4n) is 1.63. The monoisotopic (exact) mass is 248 g/mol. The van der Waals surface area contributed by atoms with E-state index in [2.05, 4.69) is 27.1 Å². The van der Waals surface area contributed by atoms with Gasteiger partial charge in [0, 0.05) is 31.9 Å². The van der Waals surface area contributed by atoms with Crippen LogP contribution in [-0.4, -0.2) is 24.1 Å². The van der Waals surface area contributed by atoms with Gasteiger partial charge < -0.3 is 10.2 Å². The molecule has 0 bridgehead atoms. The third kappa shape index (κ3) is 2.74. The molecule has 0 aliphatic rings. The normalized spacial score (nSPS) is 12.2. The topological polar surface area (TPSA) is 41.1 Å². The van der Waals surface area contributed by atoms with Crippen molar-refractivity contribution in [2.75, 3.05) is 24.3 Å². The molecule has 0 saturated heterocycles. The zero-order valence-electron chi connectivity index (χ0n) is 10.2. The second-order valence-corrected chi connectivity index (χ2v) is 4.95.